The molecular formula is C32H37N5O8. The van der Waals surface area contributed by atoms with Crippen LogP contribution in [-0.4, -0.2) is 70.2 Å². The van der Waals surface area contributed by atoms with Crippen molar-refractivity contribution in [2.45, 2.75) is 76.4 Å². The largest absolute Gasteiger partial charge is 0.461 e. The Hall–Kier alpha value is -4.33. The van der Waals surface area contributed by atoms with Gasteiger partial charge < -0.3 is 34.7 Å². The molecule has 45 heavy (non-hydrogen) atoms. The van der Waals surface area contributed by atoms with E-state index in [0.717, 1.165) is 26.9 Å². The molecule has 0 saturated carbocycles. The Labute approximate surface area is 260 Å². The number of rotatable bonds is 9. The highest BCUT2D eigenvalue weighted by Gasteiger charge is 2.57. The first-order chi connectivity index (χ1) is 21.6. The topological polar surface area (TPSA) is 166 Å². The van der Waals surface area contributed by atoms with Crippen LogP contribution in [0.4, 0.5) is 10.6 Å². The lowest BCUT2D eigenvalue weighted by molar-refractivity contribution is -0.204. The number of amides is 1. The van der Waals surface area contributed by atoms with E-state index in [4.69, 9.17) is 29.4 Å². The summed E-state index contributed by atoms with van der Waals surface area (Å²) in [4.78, 5) is 42.6. The Morgan fingerprint density at radius 1 is 1.02 bits per heavy atom. The fourth-order valence-electron chi connectivity index (χ4n) is 6.22. The second-order valence-corrected chi connectivity index (χ2v) is 12.0. The van der Waals surface area contributed by atoms with Crippen LogP contribution in [-0.2, 0) is 28.5 Å². The summed E-state index contributed by atoms with van der Waals surface area (Å²) in [5.41, 5.74) is 9.30. The third kappa shape index (κ3) is 6.02. The molecule has 2 aliphatic heterocycles. The Balaban J connectivity index is 1.10. The third-order valence-corrected chi connectivity index (χ3v) is 8.58. The number of esters is 1. The lowest BCUT2D eigenvalue weighted by atomic mass is 9.98. The first kappa shape index (κ1) is 30.7. The Kier molecular flexibility index (Phi) is 8.33. The van der Waals surface area contributed by atoms with E-state index in [9.17, 15) is 14.4 Å². The SMILES string of the molecule is CC[C@H](C)[C@H](NC(=O)OCC1c2ccccc2-c2ccccc21)C(=O)OC[C@H]1O[C@@H](n2ncc(N)nc2=O)[C@H]2OC(C)(C)OC12. The lowest BCUT2D eigenvalue weighted by Crippen LogP contribution is -2.47. The highest BCUT2D eigenvalue weighted by atomic mass is 16.8. The number of fused-ring (bicyclic) bond motifs is 4. The third-order valence-electron chi connectivity index (χ3n) is 8.58. The predicted octanol–water partition coefficient (Wildman–Crippen LogP) is 3.13. The zero-order valence-corrected chi connectivity index (χ0v) is 25.5. The number of anilines is 1. The second kappa shape index (κ2) is 12.2. The first-order valence-electron chi connectivity index (χ1n) is 15.1. The van der Waals surface area contributed by atoms with Gasteiger partial charge in [-0.25, -0.2) is 14.4 Å². The standard InChI is InChI=1S/C32H37N5O8/c1-5-17(2)25(36-31(40)42-15-22-20-12-8-6-10-18(20)19-11-7-9-13-21(19)22)29(38)41-16-23-26-27(45-32(3,4)44-26)28(43-23)37-30(39)35-24(33)14-34-37/h6-14,17,22-23,25-28H,5,15-16H2,1-4H3,(H,36,40)(H2,33,35,39)/t17-,23+,25-,26?,27-,28+/m0/s1. The van der Waals surface area contributed by atoms with Gasteiger partial charge in [0.1, 0.15) is 43.4 Å². The maximum Gasteiger partial charge on any atom is 0.407 e. The fraction of sp³-hybridized carbons (Fsp3) is 0.469. The van der Waals surface area contributed by atoms with Gasteiger partial charge in [0.15, 0.2) is 12.0 Å². The Morgan fingerprint density at radius 3 is 2.31 bits per heavy atom. The molecule has 1 aliphatic carbocycles. The minimum absolute atomic E-state index is 0.0276. The number of nitrogens with two attached hydrogens (primary N) is 1. The van der Waals surface area contributed by atoms with Crippen molar-refractivity contribution in [3.8, 4) is 11.1 Å². The highest BCUT2D eigenvalue weighted by Crippen LogP contribution is 2.45. The molecule has 2 saturated heterocycles. The van der Waals surface area contributed by atoms with Gasteiger partial charge in [0.2, 0.25) is 0 Å². The Morgan fingerprint density at radius 2 is 1.67 bits per heavy atom. The molecule has 3 aliphatic rings. The van der Waals surface area contributed by atoms with E-state index >= 15 is 0 Å². The summed E-state index contributed by atoms with van der Waals surface area (Å²) in [5, 5.41) is 6.76. The number of ether oxygens (including phenoxy) is 5. The monoisotopic (exact) mass is 619 g/mol. The number of carbonyl (C=O) groups excluding carboxylic acids is 2. The smallest absolute Gasteiger partial charge is 0.407 e. The molecule has 0 spiro atoms. The van der Waals surface area contributed by atoms with Crippen LogP contribution in [0.5, 0.6) is 0 Å². The molecule has 2 fully saturated rings. The highest BCUT2D eigenvalue weighted by molar-refractivity contribution is 5.82. The van der Waals surface area contributed by atoms with Crippen LogP contribution in [0.3, 0.4) is 0 Å². The average molecular weight is 620 g/mol. The molecule has 1 amide bonds. The lowest BCUT2D eigenvalue weighted by Gasteiger charge is -2.26. The fourth-order valence-corrected chi connectivity index (χ4v) is 6.22. The summed E-state index contributed by atoms with van der Waals surface area (Å²) < 4.78 is 30.5. The zero-order valence-electron chi connectivity index (χ0n) is 25.5. The van der Waals surface area contributed by atoms with Crippen molar-refractivity contribution in [3.05, 3.63) is 76.3 Å². The molecule has 0 bridgehead atoms. The van der Waals surface area contributed by atoms with Crippen molar-refractivity contribution < 1.29 is 33.3 Å². The molecule has 3 aromatic rings. The number of nitrogens with zero attached hydrogens (tertiary/aromatic N) is 3. The van der Waals surface area contributed by atoms with Gasteiger partial charge in [-0.1, -0.05) is 68.8 Å². The van der Waals surface area contributed by atoms with Gasteiger partial charge in [-0.3, -0.25) is 0 Å². The van der Waals surface area contributed by atoms with Crippen molar-refractivity contribution >= 4 is 17.9 Å². The van der Waals surface area contributed by atoms with E-state index in [1.807, 2.05) is 50.2 Å². The van der Waals surface area contributed by atoms with Gasteiger partial charge in [0.25, 0.3) is 0 Å². The molecule has 6 rings (SSSR count). The zero-order chi connectivity index (χ0) is 31.9. The number of hydrogen-bond acceptors (Lipinski definition) is 11. The van der Waals surface area contributed by atoms with Gasteiger partial charge in [-0.15, -0.1) is 0 Å². The average Bonchev–Trinajstić information content (AvgIpc) is 3.63. The second-order valence-electron chi connectivity index (χ2n) is 12.0. The summed E-state index contributed by atoms with van der Waals surface area (Å²) in [7, 11) is 0. The summed E-state index contributed by atoms with van der Waals surface area (Å²) in [6, 6.07) is 15.1. The number of carbonyl (C=O) groups is 2. The van der Waals surface area contributed by atoms with Crippen molar-refractivity contribution in [1.29, 1.82) is 0 Å². The summed E-state index contributed by atoms with van der Waals surface area (Å²) in [5.74, 6) is -2.02. The molecule has 13 nitrogen and oxygen atoms in total. The van der Waals surface area contributed by atoms with Crippen LogP contribution in [0.2, 0.25) is 0 Å². The number of aromatic nitrogens is 3. The first-order valence-corrected chi connectivity index (χ1v) is 15.1. The molecular weight excluding hydrogens is 582 g/mol. The number of hydrogen-bond donors (Lipinski definition) is 2. The number of nitrogen functional groups attached to an aromatic ring is 1. The molecule has 238 valence electrons. The maximum absolute atomic E-state index is 13.4. The molecule has 13 heteroatoms. The molecule has 3 heterocycles. The number of alkyl carbamates (subject to hydrolysis) is 1. The van der Waals surface area contributed by atoms with Crippen molar-refractivity contribution in [2.75, 3.05) is 18.9 Å². The minimum Gasteiger partial charge on any atom is -0.461 e. The van der Waals surface area contributed by atoms with E-state index < -0.39 is 54.1 Å². The summed E-state index contributed by atoms with van der Waals surface area (Å²) in [6.07, 6.45) is -2.04. The van der Waals surface area contributed by atoms with E-state index in [0.29, 0.717) is 6.42 Å². The van der Waals surface area contributed by atoms with Gasteiger partial charge in [0.05, 0.1) is 6.20 Å². The molecule has 0 radical (unpaired) electrons. The van der Waals surface area contributed by atoms with Crippen LogP contribution in [0.1, 0.15) is 57.4 Å². The Bertz CT molecular complexity index is 1600. The predicted molar refractivity (Wildman–Crippen MR) is 161 cm³/mol. The van der Waals surface area contributed by atoms with Crippen molar-refractivity contribution in [2.24, 2.45) is 5.92 Å². The molecule has 6 atom stereocenters. The van der Waals surface area contributed by atoms with Gasteiger partial charge in [-0.05, 0) is 42.0 Å². The van der Waals surface area contributed by atoms with Crippen molar-refractivity contribution in [1.82, 2.24) is 20.1 Å². The van der Waals surface area contributed by atoms with Crippen LogP contribution in [0.15, 0.2) is 59.5 Å². The minimum atomic E-state index is -0.981. The van der Waals surface area contributed by atoms with Crippen LogP contribution < -0.4 is 16.7 Å². The van der Waals surface area contributed by atoms with Crippen LogP contribution in [0.25, 0.3) is 11.1 Å². The van der Waals surface area contributed by atoms with E-state index in [2.05, 4.69) is 27.5 Å². The molecule has 1 aromatic heterocycles. The quantitative estimate of drug-likeness (QED) is 0.338. The summed E-state index contributed by atoms with van der Waals surface area (Å²) in [6.45, 7) is 7.13. The molecule has 2 aromatic carbocycles. The number of nitrogens with one attached hydrogen (secondary N) is 1. The van der Waals surface area contributed by atoms with Crippen LogP contribution >= 0.6 is 0 Å². The molecule has 1 unspecified atom stereocenters. The van der Waals surface area contributed by atoms with E-state index in [1.54, 1.807) is 13.8 Å². The molecule has 3 N–H and O–H groups in total. The normalized spacial score (nSPS) is 24.3. The van der Waals surface area contributed by atoms with E-state index in [-0.39, 0.29) is 30.9 Å². The van der Waals surface area contributed by atoms with Gasteiger partial charge in [-0.2, -0.15) is 14.8 Å². The van der Waals surface area contributed by atoms with Gasteiger partial charge >= 0.3 is 17.8 Å². The van der Waals surface area contributed by atoms with Gasteiger partial charge in [0, 0.05) is 5.92 Å². The summed E-state index contributed by atoms with van der Waals surface area (Å²) >= 11 is 0. The van der Waals surface area contributed by atoms with Crippen molar-refractivity contribution in [3.63, 3.8) is 0 Å². The maximum atomic E-state index is 13.4. The van der Waals surface area contributed by atoms with Crippen LogP contribution in [0, 0.1) is 5.92 Å². The van der Waals surface area contributed by atoms with E-state index in [1.165, 1.54) is 6.20 Å². The number of benzene rings is 2.